The lowest BCUT2D eigenvalue weighted by molar-refractivity contribution is 1.19. The fourth-order valence-corrected chi connectivity index (χ4v) is 2.86. The number of halogens is 1. The van der Waals surface area contributed by atoms with Crippen molar-refractivity contribution in [3.05, 3.63) is 83.6 Å². The van der Waals surface area contributed by atoms with E-state index in [2.05, 4.69) is 47.9 Å². The van der Waals surface area contributed by atoms with Crippen molar-refractivity contribution in [1.29, 1.82) is 0 Å². The van der Waals surface area contributed by atoms with E-state index in [1.54, 1.807) is 0 Å². The first-order chi connectivity index (χ1) is 11.2. The van der Waals surface area contributed by atoms with Crippen LogP contribution in [0.2, 0.25) is 5.02 Å². The monoisotopic (exact) mass is 318 g/mol. The first kappa shape index (κ1) is 14.0. The lowest BCUT2D eigenvalue weighted by Gasteiger charge is -2.03. The van der Waals surface area contributed by atoms with Gasteiger partial charge in [0.2, 0.25) is 0 Å². The summed E-state index contributed by atoms with van der Waals surface area (Å²) in [7, 11) is 0. The van der Waals surface area contributed by atoms with Crippen LogP contribution in [0.1, 0.15) is 5.56 Å². The molecule has 3 heteroatoms. The second-order valence-electron chi connectivity index (χ2n) is 5.65. The molecule has 2 aromatic carbocycles. The summed E-state index contributed by atoms with van der Waals surface area (Å²) < 4.78 is 2.07. The molecular weight excluding hydrogens is 304 g/mol. The number of fused-ring (bicyclic) bond motifs is 1. The zero-order chi connectivity index (χ0) is 15.8. The van der Waals surface area contributed by atoms with Gasteiger partial charge < -0.3 is 4.40 Å². The maximum atomic E-state index is 5.99. The Morgan fingerprint density at radius 1 is 0.870 bits per heavy atom. The predicted octanol–water partition coefficient (Wildman–Crippen LogP) is 5.63. The molecule has 0 amide bonds. The second kappa shape index (κ2) is 5.56. The van der Waals surface area contributed by atoms with Gasteiger partial charge in [0.1, 0.15) is 5.65 Å². The molecule has 0 radical (unpaired) electrons. The Labute approximate surface area is 140 Å². The molecule has 2 aromatic heterocycles. The molecule has 0 aliphatic heterocycles. The van der Waals surface area contributed by atoms with Crippen molar-refractivity contribution in [1.82, 2.24) is 9.38 Å². The maximum absolute atomic E-state index is 5.99. The van der Waals surface area contributed by atoms with Crippen LogP contribution in [0.15, 0.2) is 73.1 Å². The summed E-state index contributed by atoms with van der Waals surface area (Å²) in [6.45, 7) is 2.09. The van der Waals surface area contributed by atoms with Crippen molar-refractivity contribution < 1.29 is 0 Å². The largest absolute Gasteiger partial charge is 0.306 e. The summed E-state index contributed by atoms with van der Waals surface area (Å²) in [5.41, 5.74) is 6.51. The van der Waals surface area contributed by atoms with Crippen molar-refractivity contribution in [2.75, 3.05) is 0 Å². The molecular formula is C20H15ClN2. The number of nitrogens with zero attached hydrogens (tertiary/aromatic N) is 2. The van der Waals surface area contributed by atoms with Gasteiger partial charge in [-0.25, -0.2) is 4.98 Å². The van der Waals surface area contributed by atoms with Crippen LogP contribution in [-0.2, 0) is 0 Å². The van der Waals surface area contributed by atoms with Gasteiger partial charge in [-0.3, -0.25) is 0 Å². The van der Waals surface area contributed by atoms with E-state index in [0.717, 1.165) is 33.1 Å². The summed E-state index contributed by atoms with van der Waals surface area (Å²) in [5.74, 6) is 0. The van der Waals surface area contributed by atoms with Crippen LogP contribution in [0.25, 0.3) is 28.0 Å². The van der Waals surface area contributed by atoms with Gasteiger partial charge in [-0.2, -0.15) is 0 Å². The number of hydrogen-bond donors (Lipinski definition) is 0. The van der Waals surface area contributed by atoms with Crippen LogP contribution in [0, 0.1) is 6.92 Å². The Bertz CT molecular complexity index is 967. The van der Waals surface area contributed by atoms with Crippen LogP contribution in [0.3, 0.4) is 0 Å². The van der Waals surface area contributed by atoms with E-state index < -0.39 is 0 Å². The highest BCUT2D eigenvalue weighted by atomic mass is 35.5. The van der Waals surface area contributed by atoms with Crippen LogP contribution >= 0.6 is 11.6 Å². The third-order valence-corrected chi connectivity index (χ3v) is 4.24. The molecule has 0 fully saturated rings. The first-order valence-corrected chi connectivity index (χ1v) is 7.89. The fourth-order valence-electron chi connectivity index (χ4n) is 2.73. The molecule has 4 aromatic rings. The summed E-state index contributed by atoms with van der Waals surface area (Å²) in [4.78, 5) is 4.84. The molecule has 0 saturated heterocycles. The normalized spacial score (nSPS) is 11.0. The Morgan fingerprint density at radius 2 is 1.57 bits per heavy atom. The maximum Gasteiger partial charge on any atom is 0.145 e. The number of pyridine rings is 1. The van der Waals surface area contributed by atoms with Gasteiger partial charge >= 0.3 is 0 Å². The van der Waals surface area contributed by atoms with Gasteiger partial charge in [0.05, 0.1) is 5.69 Å². The molecule has 2 nitrogen and oxygen atoms in total. The standard InChI is InChI=1S/C20H15ClN2/c1-14-4-6-16(7-5-14)19-13-23-12-2-3-18(20(23)22-19)15-8-10-17(21)11-9-15/h2-13H,1H3. The van der Waals surface area contributed by atoms with Gasteiger partial charge in [0.15, 0.2) is 0 Å². The lowest BCUT2D eigenvalue weighted by atomic mass is 10.1. The minimum Gasteiger partial charge on any atom is -0.306 e. The average molecular weight is 319 g/mol. The van der Waals surface area contributed by atoms with E-state index >= 15 is 0 Å². The van der Waals surface area contributed by atoms with Crippen molar-refractivity contribution in [3.8, 4) is 22.4 Å². The van der Waals surface area contributed by atoms with Crippen molar-refractivity contribution >= 4 is 17.2 Å². The van der Waals surface area contributed by atoms with Crippen molar-refractivity contribution in [2.24, 2.45) is 0 Å². The van der Waals surface area contributed by atoms with Crippen LogP contribution in [0.4, 0.5) is 0 Å². The molecule has 112 valence electrons. The van der Waals surface area contributed by atoms with Crippen molar-refractivity contribution in [3.63, 3.8) is 0 Å². The third-order valence-electron chi connectivity index (χ3n) is 3.99. The van der Waals surface area contributed by atoms with E-state index in [0.29, 0.717) is 0 Å². The molecule has 0 aliphatic carbocycles. The van der Waals surface area contributed by atoms with E-state index in [-0.39, 0.29) is 0 Å². The van der Waals surface area contributed by atoms with Crippen LogP contribution in [-0.4, -0.2) is 9.38 Å². The zero-order valence-corrected chi connectivity index (χ0v) is 13.5. The summed E-state index contributed by atoms with van der Waals surface area (Å²) >= 11 is 5.99. The molecule has 0 atom stereocenters. The topological polar surface area (TPSA) is 17.3 Å². The molecule has 2 heterocycles. The highest BCUT2D eigenvalue weighted by molar-refractivity contribution is 6.30. The van der Waals surface area contributed by atoms with Crippen LogP contribution in [0.5, 0.6) is 0 Å². The zero-order valence-electron chi connectivity index (χ0n) is 12.7. The smallest absolute Gasteiger partial charge is 0.145 e. The predicted molar refractivity (Wildman–Crippen MR) is 95.8 cm³/mol. The molecule has 0 aliphatic rings. The lowest BCUT2D eigenvalue weighted by Crippen LogP contribution is -1.86. The summed E-state index contributed by atoms with van der Waals surface area (Å²) in [5, 5.41) is 0.740. The number of imidazole rings is 1. The third kappa shape index (κ3) is 2.62. The molecule has 4 rings (SSSR count). The summed E-state index contributed by atoms with van der Waals surface area (Å²) in [6, 6.07) is 20.4. The highest BCUT2D eigenvalue weighted by Gasteiger charge is 2.09. The minimum absolute atomic E-state index is 0.740. The van der Waals surface area contributed by atoms with Gasteiger partial charge in [0.25, 0.3) is 0 Å². The van der Waals surface area contributed by atoms with E-state index in [9.17, 15) is 0 Å². The van der Waals surface area contributed by atoms with E-state index in [1.165, 1.54) is 5.56 Å². The van der Waals surface area contributed by atoms with E-state index in [4.69, 9.17) is 16.6 Å². The van der Waals surface area contributed by atoms with Gasteiger partial charge in [-0.15, -0.1) is 0 Å². The number of aryl methyl sites for hydroxylation is 1. The first-order valence-electron chi connectivity index (χ1n) is 7.51. The Balaban J connectivity index is 1.87. The van der Waals surface area contributed by atoms with Gasteiger partial charge in [-0.1, -0.05) is 53.6 Å². The second-order valence-corrected chi connectivity index (χ2v) is 6.09. The molecule has 0 saturated carbocycles. The van der Waals surface area contributed by atoms with Gasteiger partial charge in [0, 0.05) is 28.5 Å². The Morgan fingerprint density at radius 3 is 2.30 bits per heavy atom. The fraction of sp³-hybridized carbons (Fsp3) is 0.0500. The van der Waals surface area contributed by atoms with E-state index in [1.807, 2.05) is 36.5 Å². The summed E-state index contributed by atoms with van der Waals surface area (Å²) in [6.07, 6.45) is 4.10. The Kier molecular flexibility index (Phi) is 3.40. The average Bonchev–Trinajstić information content (AvgIpc) is 3.00. The molecule has 0 bridgehead atoms. The molecule has 23 heavy (non-hydrogen) atoms. The number of hydrogen-bond acceptors (Lipinski definition) is 1. The van der Waals surface area contributed by atoms with Crippen molar-refractivity contribution in [2.45, 2.75) is 6.92 Å². The number of aromatic nitrogens is 2. The quantitative estimate of drug-likeness (QED) is 0.468. The van der Waals surface area contributed by atoms with Crippen LogP contribution < -0.4 is 0 Å². The minimum atomic E-state index is 0.740. The number of rotatable bonds is 2. The van der Waals surface area contributed by atoms with Gasteiger partial charge in [-0.05, 0) is 36.8 Å². The SMILES string of the molecule is Cc1ccc(-c2cn3cccc(-c4ccc(Cl)cc4)c3n2)cc1. The molecule has 0 unspecified atom stereocenters. The molecule has 0 N–H and O–H groups in total. The highest BCUT2D eigenvalue weighted by Crippen LogP contribution is 2.28. The number of benzene rings is 2. The Hall–Kier alpha value is -2.58. The molecule has 0 spiro atoms.